The van der Waals surface area contributed by atoms with Crippen molar-refractivity contribution < 1.29 is 13.2 Å². The van der Waals surface area contributed by atoms with Gasteiger partial charge in [0, 0.05) is 19.3 Å². The smallest absolute Gasteiger partial charge is 0.194 e. The van der Waals surface area contributed by atoms with Crippen LogP contribution in [0.1, 0.15) is 17.2 Å². The van der Waals surface area contributed by atoms with Gasteiger partial charge in [0.25, 0.3) is 0 Å². The maximum Gasteiger partial charge on any atom is 0.194 e. The first kappa shape index (κ1) is 15.4. The number of rotatable bonds is 4. The molecule has 2 nitrogen and oxygen atoms in total. The third-order valence-corrected chi connectivity index (χ3v) is 3.49. The molecular weight excluding hydrogens is 277 g/mol. The van der Waals surface area contributed by atoms with Crippen molar-refractivity contribution in [1.29, 1.82) is 0 Å². The number of aryl methyl sites for hydroxylation is 1. The van der Waals surface area contributed by atoms with Gasteiger partial charge in [-0.15, -0.1) is 0 Å². The van der Waals surface area contributed by atoms with Crippen LogP contribution < -0.4 is 10.6 Å². The standard InChI is InChI=1S/C16H17F3N2/c1-10-4-3-5-12(6-10)21(2)15(9-20)11-7-13(17)16(19)14(18)8-11/h3-8,15H,9,20H2,1-2H3. The maximum atomic E-state index is 13.4. The summed E-state index contributed by atoms with van der Waals surface area (Å²) in [5, 5.41) is 0. The van der Waals surface area contributed by atoms with E-state index in [2.05, 4.69) is 0 Å². The molecule has 5 heteroatoms. The second-order valence-electron chi connectivity index (χ2n) is 5.00. The number of hydrogen-bond acceptors (Lipinski definition) is 2. The van der Waals surface area contributed by atoms with Gasteiger partial charge in [-0.05, 0) is 42.3 Å². The lowest BCUT2D eigenvalue weighted by Gasteiger charge is -2.30. The van der Waals surface area contributed by atoms with E-state index in [1.54, 1.807) is 7.05 Å². The molecule has 0 aromatic heterocycles. The lowest BCUT2D eigenvalue weighted by atomic mass is 10.0. The molecule has 0 radical (unpaired) electrons. The molecule has 0 aliphatic carbocycles. The molecule has 0 bridgehead atoms. The molecule has 0 amide bonds. The minimum atomic E-state index is -1.47. The van der Waals surface area contributed by atoms with E-state index in [0.29, 0.717) is 5.56 Å². The molecule has 1 atom stereocenters. The molecule has 2 N–H and O–H groups in total. The van der Waals surface area contributed by atoms with Crippen LogP contribution in [0, 0.1) is 24.4 Å². The van der Waals surface area contributed by atoms with Gasteiger partial charge in [0.1, 0.15) is 0 Å². The summed E-state index contributed by atoms with van der Waals surface area (Å²) in [5.74, 6) is -3.88. The van der Waals surface area contributed by atoms with Crippen molar-refractivity contribution in [2.75, 3.05) is 18.5 Å². The van der Waals surface area contributed by atoms with Crippen LogP contribution >= 0.6 is 0 Å². The Kier molecular flexibility index (Phi) is 4.53. The Labute approximate surface area is 122 Å². The van der Waals surface area contributed by atoms with Crippen molar-refractivity contribution in [3.05, 3.63) is 65.0 Å². The summed E-state index contributed by atoms with van der Waals surface area (Å²) in [6.07, 6.45) is 0. The highest BCUT2D eigenvalue weighted by Crippen LogP contribution is 2.27. The summed E-state index contributed by atoms with van der Waals surface area (Å²) in [6, 6.07) is 9.19. The fraction of sp³-hybridized carbons (Fsp3) is 0.250. The van der Waals surface area contributed by atoms with Gasteiger partial charge >= 0.3 is 0 Å². The van der Waals surface area contributed by atoms with Crippen LogP contribution in [0.5, 0.6) is 0 Å². The number of likely N-dealkylation sites (N-methyl/N-ethyl adjacent to an activating group) is 1. The van der Waals surface area contributed by atoms with Crippen molar-refractivity contribution >= 4 is 5.69 Å². The summed E-state index contributed by atoms with van der Waals surface area (Å²) >= 11 is 0. The highest BCUT2D eigenvalue weighted by Gasteiger charge is 2.20. The van der Waals surface area contributed by atoms with Crippen LogP contribution in [0.15, 0.2) is 36.4 Å². The van der Waals surface area contributed by atoms with E-state index in [4.69, 9.17) is 5.73 Å². The number of anilines is 1. The van der Waals surface area contributed by atoms with E-state index < -0.39 is 23.5 Å². The monoisotopic (exact) mass is 294 g/mol. The largest absolute Gasteiger partial charge is 0.366 e. The van der Waals surface area contributed by atoms with Crippen molar-refractivity contribution in [2.24, 2.45) is 5.73 Å². The predicted octanol–water partition coefficient (Wildman–Crippen LogP) is 3.55. The van der Waals surface area contributed by atoms with E-state index in [0.717, 1.165) is 23.4 Å². The van der Waals surface area contributed by atoms with Crippen molar-refractivity contribution in [2.45, 2.75) is 13.0 Å². The normalized spacial score (nSPS) is 12.3. The Bertz CT molecular complexity index is 620. The van der Waals surface area contributed by atoms with E-state index in [1.807, 2.05) is 36.1 Å². The Morgan fingerprint density at radius 1 is 1.10 bits per heavy atom. The fourth-order valence-corrected chi connectivity index (χ4v) is 2.31. The third-order valence-electron chi connectivity index (χ3n) is 3.49. The summed E-state index contributed by atoms with van der Waals surface area (Å²) in [4.78, 5) is 1.82. The van der Waals surface area contributed by atoms with Crippen molar-refractivity contribution in [1.82, 2.24) is 0 Å². The van der Waals surface area contributed by atoms with E-state index >= 15 is 0 Å². The van der Waals surface area contributed by atoms with Gasteiger partial charge in [0.05, 0.1) is 6.04 Å². The fourth-order valence-electron chi connectivity index (χ4n) is 2.31. The Morgan fingerprint density at radius 2 is 1.71 bits per heavy atom. The van der Waals surface area contributed by atoms with Crippen molar-refractivity contribution in [3.63, 3.8) is 0 Å². The minimum absolute atomic E-state index is 0.148. The molecular formula is C16H17F3N2. The molecule has 0 spiro atoms. The van der Waals surface area contributed by atoms with Gasteiger partial charge in [0.2, 0.25) is 0 Å². The number of nitrogens with zero attached hydrogens (tertiary/aromatic N) is 1. The molecule has 0 saturated carbocycles. The van der Waals surface area contributed by atoms with E-state index in [9.17, 15) is 13.2 Å². The first-order valence-electron chi connectivity index (χ1n) is 6.58. The van der Waals surface area contributed by atoms with Crippen LogP contribution in [0.3, 0.4) is 0 Å². The maximum absolute atomic E-state index is 13.4. The number of halogens is 3. The van der Waals surface area contributed by atoms with Gasteiger partial charge in [-0.25, -0.2) is 13.2 Å². The summed E-state index contributed by atoms with van der Waals surface area (Å²) in [6.45, 7) is 2.10. The molecule has 0 fully saturated rings. The Morgan fingerprint density at radius 3 is 2.24 bits per heavy atom. The SMILES string of the molecule is Cc1cccc(N(C)C(CN)c2cc(F)c(F)c(F)c2)c1. The number of nitrogens with two attached hydrogens (primary N) is 1. The molecule has 21 heavy (non-hydrogen) atoms. The zero-order chi connectivity index (χ0) is 15.6. The molecule has 0 saturated heterocycles. The van der Waals surface area contributed by atoms with Crippen LogP contribution in [0.2, 0.25) is 0 Å². The highest BCUT2D eigenvalue weighted by molar-refractivity contribution is 5.50. The second-order valence-corrected chi connectivity index (χ2v) is 5.00. The summed E-state index contributed by atoms with van der Waals surface area (Å²) in [5.41, 5.74) is 7.98. The average molecular weight is 294 g/mol. The number of benzene rings is 2. The first-order chi connectivity index (χ1) is 9.93. The van der Waals surface area contributed by atoms with E-state index in [-0.39, 0.29) is 6.54 Å². The summed E-state index contributed by atoms with van der Waals surface area (Å²) < 4.78 is 39.8. The van der Waals surface area contributed by atoms with Crippen LogP contribution in [-0.2, 0) is 0 Å². The zero-order valence-electron chi connectivity index (χ0n) is 11.9. The third kappa shape index (κ3) is 3.19. The van der Waals surface area contributed by atoms with Crippen molar-refractivity contribution in [3.8, 4) is 0 Å². The molecule has 1 unspecified atom stereocenters. The van der Waals surface area contributed by atoms with E-state index in [1.165, 1.54) is 0 Å². The van der Waals surface area contributed by atoms with Gasteiger partial charge in [-0.3, -0.25) is 0 Å². The second kappa shape index (κ2) is 6.18. The van der Waals surface area contributed by atoms with Crippen LogP contribution in [0.4, 0.5) is 18.9 Å². The quantitative estimate of drug-likeness (QED) is 0.874. The van der Waals surface area contributed by atoms with Crippen LogP contribution in [-0.4, -0.2) is 13.6 Å². The average Bonchev–Trinajstić information content (AvgIpc) is 2.45. The molecule has 112 valence electrons. The van der Waals surface area contributed by atoms with Gasteiger partial charge < -0.3 is 10.6 Å². The number of hydrogen-bond donors (Lipinski definition) is 1. The Balaban J connectivity index is 2.39. The Hall–Kier alpha value is -2.01. The minimum Gasteiger partial charge on any atom is -0.366 e. The molecule has 0 aliphatic rings. The molecule has 0 heterocycles. The highest BCUT2D eigenvalue weighted by atomic mass is 19.2. The lowest BCUT2D eigenvalue weighted by molar-refractivity contribution is 0.443. The first-order valence-corrected chi connectivity index (χ1v) is 6.58. The topological polar surface area (TPSA) is 29.3 Å². The van der Waals surface area contributed by atoms with Gasteiger partial charge in [-0.2, -0.15) is 0 Å². The molecule has 2 aromatic rings. The molecule has 0 aliphatic heterocycles. The lowest BCUT2D eigenvalue weighted by Crippen LogP contribution is -2.30. The molecule has 2 rings (SSSR count). The van der Waals surface area contributed by atoms with Crippen LogP contribution in [0.25, 0.3) is 0 Å². The molecule has 2 aromatic carbocycles. The summed E-state index contributed by atoms with van der Waals surface area (Å²) in [7, 11) is 1.78. The van der Waals surface area contributed by atoms with Gasteiger partial charge in [-0.1, -0.05) is 12.1 Å². The predicted molar refractivity (Wildman–Crippen MR) is 77.7 cm³/mol. The zero-order valence-corrected chi connectivity index (χ0v) is 11.9. The van der Waals surface area contributed by atoms with Gasteiger partial charge in [0.15, 0.2) is 17.5 Å².